The van der Waals surface area contributed by atoms with Crippen LogP contribution in [0.1, 0.15) is 5.56 Å². The first-order valence-corrected chi connectivity index (χ1v) is 8.64. The largest absolute Gasteiger partial charge is 0.224 e. The molecule has 3 rings (SSSR count). The van der Waals surface area contributed by atoms with E-state index in [1.807, 2.05) is 0 Å². The van der Waals surface area contributed by atoms with Gasteiger partial charge in [-0.05, 0) is 35.5 Å². The van der Waals surface area contributed by atoms with Gasteiger partial charge in [0.25, 0.3) is 0 Å². The summed E-state index contributed by atoms with van der Waals surface area (Å²) in [5.41, 5.74) is 1.10. The van der Waals surface area contributed by atoms with Gasteiger partial charge in [-0.3, -0.25) is 0 Å². The highest BCUT2D eigenvalue weighted by atomic mass is 32.2. The van der Waals surface area contributed by atoms with E-state index >= 15 is 0 Å². The number of nitrogens with zero attached hydrogens (tertiary/aromatic N) is 4. The van der Waals surface area contributed by atoms with Crippen molar-refractivity contribution in [2.75, 3.05) is 6.26 Å². The summed E-state index contributed by atoms with van der Waals surface area (Å²) in [4.78, 5) is 1.51. The van der Waals surface area contributed by atoms with Gasteiger partial charge in [0.1, 0.15) is 5.82 Å². The average molecular weight is 332 g/mol. The van der Waals surface area contributed by atoms with Crippen molar-refractivity contribution in [2.45, 2.75) is 11.4 Å². The third kappa shape index (κ3) is 3.42. The molecule has 0 aliphatic rings. The van der Waals surface area contributed by atoms with Crippen LogP contribution in [0.5, 0.6) is 0 Å². The van der Waals surface area contributed by atoms with Gasteiger partial charge in [0, 0.05) is 17.4 Å². The molecular formula is C15H13FN4O2S. The molecule has 0 atom stereocenters. The Morgan fingerprint density at radius 1 is 1.09 bits per heavy atom. The Hall–Kier alpha value is -2.61. The Balaban J connectivity index is 1.83. The SMILES string of the molecule is CS(=O)(=O)c1ccc(-c2nnn(Cc3ccccc3F)n2)cc1. The molecule has 0 bridgehead atoms. The Kier molecular flexibility index (Phi) is 3.91. The summed E-state index contributed by atoms with van der Waals surface area (Å²) in [6, 6.07) is 12.6. The maximum absolute atomic E-state index is 13.6. The molecule has 0 spiro atoms. The maximum atomic E-state index is 13.6. The van der Waals surface area contributed by atoms with Crippen LogP contribution in [-0.2, 0) is 16.4 Å². The van der Waals surface area contributed by atoms with Crippen molar-refractivity contribution < 1.29 is 12.8 Å². The lowest BCUT2D eigenvalue weighted by atomic mass is 10.2. The van der Waals surface area contributed by atoms with Gasteiger partial charge in [0.15, 0.2) is 9.84 Å². The topological polar surface area (TPSA) is 77.7 Å². The van der Waals surface area contributed by atoms with Crippen LogP contribution in [0.4, 0.5) is 4.39 Å². The normalized spacial score (nSPS) is 11.6. The van der Waals surface area contributed by atoms with Crippen molar-refractivity contribution in [1.82, 2.24) is 20.2 Å². The fourth-order valence-corrected chi connectivity index (χ4v) is 2.69. The third-order valence-corrected chi connectivity index (χ3v) is 4.39. The highest BCUT2D eigenvalue weighted by Gasteiger charge is 2.11. The number of hydrogen-bond donors (Lipinski definition) is 0. The van der Waals surface area contributed by atoms with E-state index in [-0.39, 0.29) is 17.3 Å². The van der Waals surface area contributed by atoms with E-state index in [0.29, 0.717) is 17.0 Å². The average Bonchev–Trinajstić information content (AvgIpc) is 2.97. The molecule has 6 nitrogen and oxygen atoms in total. The van der Waals surface area contributed by atoms with Crippen LogP contribution < -0.4 is 0 Å². The van der Waals surface area contributed by atoms with Crippen LogP contribution in [0.3, 0.4) is 0 Å². The number of tetrazole rings is 1. The first-order valence-electron chi connectivity index (χ1n) is 6.75. The van der Waals surface area contributed by atoms with Gasteiger partial charge in [0.05, 0.1) is 11.4 Å². The van der Waals surface area contributed by atoms with Crippen molar-refractivity contribution >= 4 is 9.84 Å². The molecule has 0 unspecified atom stereocenters. The van der Waals surface area contributed by atoms with Crippen molar-refractivity contribution in [2.24, 2.45) is 0 Å². The second kappa shape index (κ2) is 5.88. The minimum Gasteiger partial charge on any atom is -0.224 e. The van der Waals surface area contributed by atoms with E-state index in [2.05, 4.69) is 15.4 Å². The lowest BCUT2D eigenvalue weighted by molar-refractivity contribution is 0.539. The quantitative estimate of drug-likeness (QED) is 0.729. The summed E-state index contributed by atoms with van der Waals surface area (Å²) in [7, 11) is -3.25. The standard InChI is InChI=1S/C15H13FN4O2S/c1-23(21,22)13-8-6-11(7-9-13)15-17-19-20(18-15)10-12-4-2-3-5-14(12)16/h2-9H,10H2,1H3. The summed E-state index contributed by atoms with van der Waals surface area (Å²) in [5.74, 6) is 0.0187. The lowest BCUT2D eigenvalue weighted by Gasteiger charge is -2.01. The fraction of sp³-hybridized carbons (Fsp3) is 0.133. The molecule has 0 fully saturated rings. The van der Waals surface area contributed by atoms with Crippen molar-refractivity contribution in [3.63, 3.8) is 0 Å². The van der Waals surface area contributed by atoms with Gasteiger partial charge >= 0.3 is 0 Å². The van der Waals surface area contributed by atoms with Crippen LogP contribution in [0.25, 0.3) is 11.4 Å². The van der Waals surface area contributed by atoms with Gasteiger partial charge in [0.2, 0.25) is 5.82 Å². The number of benzene rings is 2. The first-order chi connectivity index (χ1) is 10.9. The molecule has 8 heteroatoms. The van der Waals surface area contributed by atoms with E-state index in [1.165, 1.54) is 23.0 Å². The molecule has 118 valence electrons. The number of sulfone groups is 1. The molecule has 0 amide bonds. The number of rotatable bonds is 4. The molecule has 0 saturated heterocycles. The van der Waals surface area contributed by atoms with Crippen molar-refractivity contribution in [1.29, 1.82) is 0 Å². The van der Waals surface area contributed by atoms with Gasteiger partial charge < -0.3 is 0 Å². The molecule has 23 heavy (non-hydrogen) atoms. The second-order valence-electron chi connectivity index (χ2n) is 5.03. The van der Waals surface area contributed by atoms with E-state index in [9.17, 15) is 12.8 Å². The van der Waals surface area contributed by atoms with Crippen LogP contribution >= 0.6 is 0 Å². The number of halogens is 1. The smallest absolute Gasteiger partial charge is 0.204 e. The molecule has 0 aliphatic carbocycles. The van der Waals surface area contributed by atoms with Crippen molar-refractivity contribution in [3.05, 3.63) is 59.9 Å². The zero-order valence-corrected chi connectivity index (χ0v) is 13.0. The van der Waals surface area contributed by atoms with E-state index in [1.54, 1.807) is 30.3 Å². The number of hydrogen-bond acceptors (Lipinski definition) is 5. The molecule has 0 aliphatic heterocycles. The fourth-order valence-electron chi connectivity index (χ4n) is 2.06. The van der Waals surface area contributed by atoms with Gasteiger partial charge in [-0.15, -0.1) is 10.2 Å². The summed E-state index contributed by atoms with van der Waals surface area (Å²) in [6.07, 6.45) is 1.14. The molecule has 2 aromatic carbocycles. The summed E-state index contributed by atoms with van der Waals surface area (Å²) < 4.78 is 36.5. The maximum Gasteiger partial charge on any atom is 0.204 e. The predicted molar refractivity (Wildman–Crippen MR) is 81.9 cm³/mol. The summed E-state index contributed by atoms with van der Waals surface area (Å²) >= 11 is 0. The van der Waals surface area contributed by atoms with Crippen LogP contribution in [0, 0.1) is 5.82 Å². The van der Waals surface area contributed by atoms with Gasteiger partial charge in [-0.2, -0.15) is 4.80 Å². The van der Waals surface area contributed by atoms with E-state index in [0.717, 1.165) is 6.26 Å². The molecule has 1 aromatic heterocycles. The highest BCUT2D eigenvalue weighted by molar-refractivity contribution is 7.90. The van der Waals surface area contributed by atoms with Crippen LogP contribution in [0.2, 0.25) is 0 Å². The zero-order valence-electron chi connectivity index (χ0n) is 12.2. The van der Waals surface area contributed by atoms with Gasteiger partial charge in [-0.25, -0.2) is 12.8 Å². The molecule has 3 aromatic rings. The van der Waals surface area contributed by atoms with Crippen molar-refractivity contribution in [3.8, 4) is 11.4 Å². The summed E-state index contributed by atoms with van der Waals surface area (Å²) in [6.45, 7) is 0.168. The Morgan fingerprint density at radius 3 is 2.43 bits per heavy atom. The summed E-state index contributed by atoms with van der Waals surface area (Å²) in [5, 5.41) is 12.0. The zero-order chi connectivity index (χ0) is 16.4. The molecular weight excluding hydrogens is 319 g/mol. The second-order valence-corrected chi connectivity index (χ2v) is 7.05. The lowest BCUT2D eigenvalue weighted by Crippen LogP contribution is -2.05. The predicted octanol–water partition coefficient (Wildman–Crippen LogP) is 1.93. The molecule has 1 heterocycles. The minimum absolute atomic E-state index is 0.168. The Bertz CT molecular complexity index is 936. The van der Waals surface area contributed by atoms with E-state index in [4.69, 9.17) is 0 Å². The third-order valence-electron chi connectivity index (χ3n) is 3.26. The van der Waals surface area contributed by atoms with Gasteiger partial charge in [-0.1, -0.05) is 18.2 Å². The monoisotopic (exact) mass is 332 g/mol. The Labute approximate surface area is 132 Å². The highest BCUT2D eigenvalue weighted by Crippen LogP contribution is 2.17. The molecule has 0 radical (unpaired) electrons. The molecule has 0 N–H and O–H groups in total. The number of aromatic nitrogens is 4. The minimum atomic E-state index is -3.25. The van der Waals surface area contributed by atoms with E-state index < -0.39 is 9.84 Å². The van der Waals surface area contributed by atoms with Crippen LogP contribution in [-0.4, -0.2) is 34.9 Å². The molecule has 0 saturated carbocycles. The first kappa shape index (κ1) is 15.3. The van der Waals surface area contributed by atoms with Crippen LogP contribution in [0.15, 0.2) is 53.4 Å². The Morgan fingerprint density at radius 2 is 1.78 bits per heavy atom.